The quantitative estimate of drug-likeness (QED) is 0.836. The zero-order chi connectivity index (χ0) is 15.0. The fourth-order valence-corrected chi connectivity index (χ4v) is 2.10. The lowest BCUT2D eigenvalue weighted by molar-refractivity contribution is 0.102. The van der Waals surface area contributed by atoms with Crippen LogP contribution in [0.25, 0.3) is 0 Å². The maximum absolute atomic E-state index is 13.2. The van der Waals surface area contributed by atoms with Gasteiger partial charge in [-0.2, -0.15) is 0 Å². The van der Waals surface area contributed by atoms with E-state index >= 15 is 0 Å². The van der Waals surface area contributed by atoms with E-state index in [1.165, 1.54) is 24.3 Å². The van der Waals surface area contributed by atoms with Crippen LogP contribution in [0, 0.1) is 5.82 Å². The number of nitrogens with two attached hydrogens (primary N) is 1. The molecule has 1 amide bonds. The highest BCUT2D eigenvalue weighted by Gasteiger charge is 2.20. The minimum atomic E-state index is -0.515. The highest BCUT2D eigenvalue weighted by Crippen LogP contribution is 2.36. The maximum atomic E-state index is 13.2. The van der Waals surface area contributed by atoms with Crippen LogP contribution in [0.3, 0.4) is 0 Å². The van der Waals surface area contributed by atoms with E-state index in [4.69, 9.17) is 26.8 Å². The third-order valence-corrected chi connectivity index (χ3v) is 3.30. The van der Waals surface area contributed by atoms with Gasteiger partial charge < -0.3 is 20.5 Å². The minimum absolute atomic E-state index is 0.0789. The number of fused-ring (bicyclic) bond motifs is 1. The van der Waals surface area contributed by atoms with Crippen molar-refractivity contribution in [3.8, 4) is 11.5 Å². The Kier molecular flexibility index (Phi) is 3.31. The fourth-order valence-electron chi connectivity index (χ4n) is 1.94. The molecule has 108 valence electrons. The number of nitrogens with one attached hydrogen (secondary N) is 1. The molecule has 0 saturated heterocycles. The second-order valence-corrected chi connectivity index (χ2v) is 4.78. The summed E-state index contributed by atoms with van der Waals surface area (Å²) in [6, 6.07) is 6.66. The molecule has 1 aliphatic heterocycles. The topological polar surface area (TPSA) is 73.6 Å². The number of ether oxygens (including phenoxy) is 2. The molecule has 2 aromatic carbocycles. The molecule has 1 heterocycles. The van der Waals surface area contributed by atoms with Gasteiger partial charge in [0, 0.05) is 11.8 Å². The van der Waals surface area contributed by atoms with Crippen LogP contribution >= 0.6 is 11.6 Å². The average molecular weight is 309 g/mol. The number of amides is 1. The fraction of sp³-hybridized carbons (Fsp3) is 0.0714. The zero-order valence-corrected chi connectivity index (χ0v) is 11.4. The number of nitrogen functional groups attached to an aromatic ring is 1. The summed E-state index contributed by atoms with van der Waals surface area (Å²) in [4.78, 5) is 12.2. The predicted molar refractivity (Wildman–Crippen MR) is 76.3 cm³/mol. The number of carbonyl (C=O) groups excluding carboxylic acids is 1. The van der Waals surface area contributed by atoms with Crippen LogP contribution in [0.5, 0.6) is 11.5 Å². The Morgan fingerprint density at radius 2 is 1.95 bits per heavy atom. The van der Waals surface area contributed by atoms with Gasteiger partial charge in [-0.25, -0.2) is 4.39 Å². The van der Waals surface area contributed by atoms with Gasteiger partial charge >= 0.3 is 0 Å². The molecular formula is C14H10ClFN2O3. The summed E-state index contributed by atoms with van der Waals surface area (Å²) in [5.41, 5.74) is 6.40. The van der Waals surface area contributed by atoms with Crippen molar-refractivity contribution in [2.45, 2.75) is 0 Å². The highest BCUT2D eigenvalue weighted by atomic mass is 35.5. The molecule has 0 unspecified atom stereocenters. The van der Waals surface area contributed by atoms with Gasteiger partial charge in [-0.3, -0.25) is 4.79 Å². The van der Waals surface area contributed by atoms with Crippen molar-refractivity contribution in [3.63, 3.8) is 0 Å². The van der Waals surface area contributed by atoms with Gasteiger partial charge in [-0.15, -0.1) is 0 Å². The van der Waals surface area contributed by atoms with Gasteiger partial charge in [0.1, 0.15) is 5.82 Å². The Morgan fingerprint density at radius 3 is 2.71 bits per heavy atom. The molecule has 0 aliphatic carbocycles. The summed E-state index contributed by atoms with van der Waals surface area (Å²) in [6.45, 7) is 0.0789. The molecule has 3 rings (SSSR count). The maximum Gasteiger partial charge on any atom is 0.257 e. The first-order valence-electron chi connectivity index (χ1n) is 6.00. The zero-order valence-electron chi connectivity index (χ0n) is 10.7. The van der Waals surface area contributed by atoms with Gasteiger partial charge in [0.15, 0.2) is 11.5 Å². The number of hydrogen-bond donors (Lipinski definition) is 2. The van der Waals surface area contributed by atoms with Crippen LogP contribution in [-0.2, 0) is 0 Å². The molecule has 0 saturated carbocycles. The Morgan fingerprint density at radius 1 is 1.24 bits per heavy atom. The van der Waals surface area contributed by atoms with Crippen LogP contribution in [0.4, 0.5) is 15.8 Å². The lowest BCUT2D eigenvalue weighted by atomic mass is 10.1. The predicted octanol–water partition coefficient (Wildman–Crippen LogP) is 3.04. The summed E-state index contributed by atoms with van der Waals surface area (Å²) in [5.74, 6) is -0.112. The van der Waals surface area contributed by atoms with Crippen molar-refractivity contribution in [1.82, 2.24) is 0 Å². The van der Waals surface area contributed by atoms with Crippen molar-refractivity contribution in [3.05, 3.63) is 46.7 Å². The van der Waals surface area contributed by atoms with Crippen LogP contribution in [0.15, 0.2) is 30.3 Å². The van der Waals surface area contributed by atoms with Crippen molar-refractivity contribution in [1.29, 1.82) is 0 Å². The smallest absolute Gasteiger partial charge is 0.257 e. The first-order valence-corrected chi connectivity index (χ1v) is 6.38. The van der Waals surface area contributed by atoms with Gasteiger partial charge in [-0.1, -0.05) is 11.6 Å². The highest BCUT2D eigenvalue weighted by molar-refractivity contribution is 6.34. The number of rotatable bonds is 2. The van der Waals surface area contributed by atoms with E-state index in [-0.39, 0.29) is 28.8 Å². The van der Waals surface area contributed by atoms with E-state index in [1.54, 1.807) is 0 Å². The monoisotopic (exact) mass is 308 g/mol. The number of carbonyl (C=O) groups is 1. The van der Waals surface area contributed by atoms with Gasteiger partial charge in [0.2, 0.25) is 6.79 Å². The molecule has 1 aliphatic rings. The van der Waals surface area contributed by atoms with Gasteiger partial charge in [0.05, 0.1) is 16.3 Å². The summed E-state index contributed by atoms with van der Waals surface area (Å²) in [6.07, 6.45) is 0. The molecule has 0 atom stereocenters. The molecule has 3 N–H and O–H groups in total. The Balaban J connectivity index is 1.91. The van der Waals surface area contributed by atoms with Crippen LogP contribution in [-0.4, -0.2) is 12.7 Å². The summed E-state index contributed by atoms with van der Waals surface area (Å²) in [7, 11) is 0. The molecule has 21 heavy (non-hydrogen) atoms. The number of benzene rings is 2. The molecule has 5 nitrogen and oxygen atoms in total. The molecule has 0 bridgehead atoms. The van der Waals surface area contributed by atoms with Crippen molar-refractivity contribution >= 4 is 28.9 Å². The molecule has 7 heteroatoms. The third kappa shape index (κ3) is 2.57. The normalized spacial score (nSPS) is 12.3. The van der Waals surface area contributed by atoms with E-state index in [1.807, 2.05) is 0 Å². The lowest BCUT2D eigenvalue weighted by Gasteiger charge is -2.10. The largest absolute Gasteiger partial charge is 0.454 e. The van der Waals surface area contributed by atoms with Gasteiger partial charge in [-0.05, 0) is 24.3 Å². The molecular weight excluding hydrogens is 299 g/mol. The first-order chi connectivity index (χ1) is 10.0. The van der Waals surface area contributed by atoms with Crippen molar-refractivity contribution in [2.24, 2.45) is 0 Å². The third-order valence-electron chi connectivity index (χ3n) is 2.97. The Hall–Kier alpha value is -2.47. The van der Waals surface area contributed by atoms with E-state index in [2.05, 4.69) is 5.32 Å². The first kappa shape index (κ1) is 13.5. The van der Waals surface area contributed by atoms with Crippen molar-refractivity contribution in [2.75, 3.05) is 17.8 Å². The Bertz CT molecular complexity index is 736. The molecule has 0 aromatic heterocycles. The molecule has 2 aromatic rings. The summed E-state index contributed by atoms with van der Waals surface area (Å²) in [5, 5.41) is 2.74. The molecule has 0 radical (unpaired) electrons. The van der Waals surface area contributed by atoms with Crippen LogP contribution in [0.1, 0.15) is 10.4 Å². The lowest BCUT2D eigenvalue weighted by Crippen LogP contribution is -2.14. The van der Waals surface area contributed by atoms with E-state index in [0.29, 0.717) is 11.5 Å². The Labute approximate surface area is 124 Å². The van der Waals surface area contributed by atoms with E-state index in [0.717, 1.165) is 6.07 Å². The average Bonchev–Trinajstić information content (AvgIpc) is 2.89. The summed E-state index contributed by atoms with van der Waals surface area (Å²) < 4.78 is 23.5. The number of halogens is 2. The number of hydrogen-bond acceptors (Lipinski definition) is 4. The van der Waals surface area contributed by atoms with Crippen molar-refractivity contribution < 1.29 is 18.7 Å². The second kappa shape index (κ2) is 5.14. The van der Waals surface area contributed by atoms with Crippen LogP contribution < -0.4 is 20.5 Å². The van der Waals surface area contributed by atoms with Crippen LogP contribution in [0.2, 0.25) is 5.02 Å². The standard InChI is InChI=1S/C14H10ClFN2O3/c15-9-2-1-7(16)3-11(9)18-14(19)8-4-12-13(5-10(8)17)21-6-20-12/h1-5H,6,17H2,(H,18,19). The van der Waals surface area contributed by atoms with E-state index < -0.39 is 11.7 Å². The number of anilines is 2. The van der Waals surface area contributed by atoms with Gasteiger partial charge in [0.25, 0.3) is 5.91 Å². The summed E-state index contributed by atoms with van der Waals surface area (Å²) >= 11 is 5.90. The second-order valence-electron chi connectivity index (χ2n) is 4.37. The SMILES string of the molecule is Nc1cc2c(cc1C(=O)Nc1cc(F)ccc1Cl)OCO2. The molecule has 0 fully saturated rings. The molecule has 0 spiro atoms. The minimum Gasteiger partial charge on any atom is -0.454 e. The van der Waals surface area contributed by atoms with E-state index in [9.17, 15) is 9.18 Å².